The van der Waals surface area contributed by atoms with Gasteiger partial charge in [0.15, 0.2) is 0 Å². The van der Waals surface area contributed by atoms with E-state index in [-0.39, 0.29) is 23.4 Å². The smallest absolute Gasteiger partial charge is 0.309 e. The van der Waals surface area contributed by atoms with Crippen LogP contribution in [0.15, 0.2) is 6.20 Å². The van der Waals surface area contributed by atoms with Gasteiger partial charge in [0, 0.05) is 21.9 Å². The van der Waals surface area contributed by atoms with Gasteiger partial charge in [0.05, 0.1) is 12.1 Å². The molecule has 1 rings (SSSR count). The Labute approximate surface area is 104 Å². The number of aliphatic carboxylic acids is 1. The number of alkyl halides is 2. The molecular formula is C9H9F2IN2O2. The first kappa shape index (κ1) is 13.2. The van der Waals surface area contributed by atoms with Crippen LogP contribution in [0, 0.1) is 3.57 Å². The molecule has 0 amide bonds. The first-order valence-corrected chi connectivity index (χ1v) is 5.41. The van der Waals surface area contributed by atoms with Gasteiger partial charge in [0.2, 0.25) is 0 Å². The summed E-state index contributed by atoms with van der Waals surface area (Å²) in [5, 5.41) is 8.59. The number of halogens is 3. The summed E-state index contributed by atoms with van der Waals surface area (Å²) in [4.78, 5) is 14.2. The summed E-state index contributed by atoms with van der Waals surface area (Å²) in [5.74, 6) is -1.20. The largest absolute Gasteiger partial charge is 0.481 e. The van der Waals surface area contributed by atoms with Crippen LogP contribution in [0.2, 0.25) is 0 Å². The van der Waals surface area contributed by atoms with Crippen LogP contribution in [0.1, 0.15) is 23.2 Å². The van der Waals surface area contributed by atoms with Gasteiger partial charge in [0.25, 0.3) is 6.43 Å². The number of carboxylic acids is 1. The lowest BCUT2D eigenvalue weighted by Crippen LogP contribution is -2.13. The third-order valence-corrected chi connectivity index (χ3v) is 2.93. The van der Waals surface area contributed by atoms with E-state index < -0.39 is 18.8 Å². The SMILES string of the molecule is NCc1c(I)cnc(CC(=O)O)c1C(F)F. The van der Waals surface area contributed by atoms with Gasteiger partial charge in [-0.15, -0.1) is 0 Å². The highest BCUT2D eigenvalue weighted by Crippen LogP contribution is 2.28. The number of nitrogens with zero attached hydrogens (tertiary/aromatic N) is 1. The van der Waals surface area contributed by atoms with E-state index in [4.69, 9.17) is 10.8 Å². The predicted octanol–water partition coefficient (Wildman–Crippen LogP) is 1.71. The fraction of sp³-hybridized carbons (Fsp3) is 0.333. The molecule has 0 bridgehead atoms. The van der Waals surface area contributed by atoms with Crippen molar-refractivity contribution in [1.82, 2.24) is 4.98 Å². The lowest BCUT2D eigenvalue weighted by molar-refractivity contribution is -0.136. The zero-order valence-electron chi connectivity index (χ0n) is 8.08. The van der Waals surface area contributed by atoms with E-state index >= 15 is 0 Å². The van der Waals surface area contributed by atoms with E-state index in [1.165, 1.54) is 6.20 Å². The molecule has 3 N–H and O–H groups in total. The Hall–Kier alpha value is -0.830. The zero-order valence-corrected chi connectivity index (χ0v) is 10.2. The van der Waals surface area contributed by atoms with Crippen molar-refractivity contribution in [2.24, 2.45) is 5.73 Å². The van der Waals surface area contributed by atoms with Crippen LogP contribution in [0.3, 0.4) is 0 Å². The maximum atomic E-state index is 12.8. The number of carbonyl (C=O) groups is 1. The summed E-state index contributed by atoms with van der Waals surface area (Å²) in [5.41, 5.74) is 5.17. The van der Waals surface area contributed by atoms with Gasteiger partial charge in [-0.3, -0.25) is 9.78 Å². The van der Waals surface area contributed by atoms with E-state index in [1.807, 2.05) is 22.6 Å². The Morgan fingerprint density at radius 2 is 2.25 bits per heavy atom. The molecule has 0 aromatic carbocycles. The molecule has 88 valence electrons. The molecule has 0 aliphatic carbocycles. The number of rotatable bonds is 4. The van der Waals surface area contributed by atoms with Crippen molar-refractivity contribution in [3.8, 4) is 0 Å². The highest BCUT2D eigenvalue weighted by atomic mass is 127. The Bertz CT molecular complexity index is 413. The van der Waals surface area contributed by atoms with Crippen LogP contribution in [0.5, 0.6) is 0 Å². The molecule has 0 aliphatic heterocycles. The molecule has 1 aromatic rings. The molecular weight excluding hydrogens is 333 g/mol. The number of aromatic nitrogens is 1. The average molecular weight is 342 g/mol. The lowest BCUT2D eigenvalue weighted by Gasteiger charge is -2.12. The zero-order chi connectivity index (χ0) is 12.3. The topological polar surface area (TPSA) is 76.2 Å². The van der Waals surface area contributed by atoms with Crippen LogP contribution in [0.25, 0.3) is 0 Å². The second kappa shape index (κ2) is 5.48. The van der Waals surface area contributed by atoms with Crippen LogP contribution < -0.4 is 5.73 Å². The van der Waals surface area contributed by atoms with Crippen molar-refractivity contribution in [2.45, 2.75) is 19.4 Å². The number of nitrogens with two attached hydrogens (primary N) is 1. The average Bonchev–Trinajstić information content (AvgIpc) is 2.18. The quantitative estimate of drug-likeness (QED) is 0.817. The normalized spacial score (nSPS) is 10.8. The first-order chi connectivity index (χ1) is 7.47. The molecule has 0 fully saturated rings. The van der Waals surface area contributed by atoms with Crippen molar-refractivity contribution >= 4 is 28.6 Å². The third-order valence-electron chi connectivity index (χ3n) is 2.00. The molecule has 0 spiro atoms. The minimum Gasteiger partial charge on any atom is -0.481 e. The molecule has 1 aromatic heterocycles. The Morgan fingerprint density at radius 1 is 1.62 bits per heavy atom. The number of carboxylic acid groups (broad SMARTS) is 1. The maximum Gasteiger partial charge on any atom is 0.309 e. The maximum absolute atomic E-state index is 12.8. The number of hydrogen-bond acceptors (Lipinski definition) is 3. The van der Waals surface area contributed by atoms with Crippen LogP contribution in [0.4, 0.5) is 8.78 Å². The summed E-state index contributed by atoms with van der Waals surface area (Å²) in [6.07, 6.45) is -1.94. The van der Waals surface area contributed by atoms with E-state index in [1.54, 1.807) is 0 Å². The highest BCUT2D eigenvalue weighted by molar-refractivity contribution is 14.1. The second-order valence-electron chi connectivity index (χ2n) is 3.02. The van der Waals surface area contributed by atoms with Crippen molar-refractivity contribution in [3.63, 3.8) is 0 Å². The van der Waals surface area contributed by atoms with Gasteiger partial charge >= 0.3 is 5.97 Å². The number of pyridine rings is 1. The minimum absolute atomic E-state index is 0.0624. The minimum atomic E-state index is -2.77. The molecule has 0 saturated carbocycles. The van der Waals surface area contributed by atoms with Crippen LogP contribution in [-0.2, 0) is 17.8 Å². The molecule has 0 radical (unpaired) electrons. The van der Waals surface area contributed by atoms with E-state index in [0.29, 0.717) is 3.57 Å². The third kappa shape index (κ3) is 2.85. The molecule has 7 heteroatoms. The van der Waals surface area contributed by atoms with Crippen molar-refractivity contribution in [2.75, 3.05) is 0 Å². The summed E-state index contributed by atoms with van der Waals surface area (Å²) in [6, 6.07) is 0. The monoisotopic (exact) mass is 342 g/mol. The molecule has 1 heterocycles. The van der Waals surface area contributed by atoms with Gasteiger partial charge in [-0.25, -0.2) is 8.78 Å². The Balaban J connectivity index is 3.32. The van der Waals surface area contributed by atoms with Gasteiger partial charge in [-0.2, -0.15) is 0 Å². The summed E-state index contributed by atoms with van der Waals surface area (Å²) >= 11 is 1.85. The Morgan fingerprint density at radius 3 is 2.69 bits per heavy atom. The summed E-state index contributed by atoms with van der Waals surface area (Å²) < 4.78 is 26.1. The summed E-state index contributed by atoms with van der Waals surface area (Å²) in [6.45, 7) is -0.0624. The highest BCUT2D eigenvalue weighted by Gasteiger charge is 2.21. The number of hydrogen-bond donors (Lipinski definition) is 2. The summed E-state index contributed by atoms with van der Waals surface area (Å²) in [7, 11) is 0. The van der Waals surface area contributed by atoms with Crippen LogP contribution in [-0.4, -0.2) is 16.1 Å². The van der Waals surface area contributed by atoms with Gasteiger partial charge in [0.1, 0.15) is 0 Å². The van der Waals surface area contributed by atoms with Crippen LogP contribution >= 0.6 is 22.6 Å². The second-order valence-corrected chi connectivity index (χ2v) is 4.18. The predicted molar refractivity (Wildman–Crippen MR) is 61.1 cm³/mol. The van der Waals surface area contributed by atoms with Gasteiger partial charge in [-0.1, -0.05) is 0 Å². The fourth-order valence-corrected chi connectivity index (χ4v) is 1.98. The van der Waals surface area contributed by atoms with Gasteiger partial charge < -0.3 is 10.8 Å². The van der Waals surface area contributed by atoms with Gasteiger partial charge in [-0.05, 0) is 28.2 Å². The molecule has 16 heavy (non-hydrogen) atoms. The molecule has 4 nitrogen and oxygen atoms in total. The van der Waals surface area contributed by atoms with E-state index in [9.17, 15) is 13.6 Å². The molecule has 0 unspecified atom stereocenters. The van der Waals surface area contributed by atoms with Crippen molar-refractivity contribution in [1.29, 1.82) is 0 Å². The van der Waals surface area contributed by atoms with E-state index in [0.717, 1.165) is 0 Å². The Kier molecular flexibility index (Phi) is 4.54. The van der Waals surface area contributed by atoms with Crippen molar-refractivity contribution in [3.05, 3.63) is 26.6 Å². The first-order valence-electron chi connectivity index (χ1n) is 4.33. The van der Waals surface area contributed by atoms with E-state index in [2.05, 4.69) is 4.98 Å². The van der Waals surface area contributed by atoms with Crippen molar-refractivity contribution < 1.29 is 18.7 Å². The molecule has 0 saturated heterocycles. The fourth-order valence-electron chi connectivity index (χ4n) is 1.33. The lowest BCUT2D eigenvalue weighted by atomic mass is 10.0. The standard InChI is InChI=1S/C9H9F2IN2O2/c10-9(11)8-4(2-13)5(12)3-14-6(8)1-7(15)16/h3,9H,1-2,13H2,(H,15,16). The molecule has 0 aliphatic rings. The molecule has 0 atom stereocenters.